The van der Waals surface area contributed by atoms with Crippen LogP contribution in [0, 0.1) is 16.0 Å². The molecule has 2 amide bonds. The number of urea groups is 1. The van der Waals surface area contributed by atoms with Crippen LogP contribution in [0.1, 0.15) is 33.1 Å². The summed E-state index contributed by atoms with van der Waals surface area (Å²) in [7, 11) is 0. The number of rotatable bonds is 7. The first-order valence-electron chi connectivity index (χ1n) is 8.49. The molecule has 2 rings (SSSR count). The highest BCUT2D eigenvalue weighted by Crippen LogP contribution is 2.23. The maximum absolute atomic E-state index is 12.1. The Hall–Kier alpha value is -2.15. The Balaban J connectivity index is 1.92. The number of nitro groups is 1. The van der Waals surface area contributed by atoms with E-state index in [4.69, 9.17) is 0 Å². The summed E-state index contributed by atoms with van der Waals surface area (Å²) >= 11 is 0. The number of amides is 2. The van der Waals surface area contributed by atoms with Crippen LogP contribution in [0.3, 0.4) is 0 Å². The maximum atomic E-state index is 12.1. The Kier molecular flexibility index (Phi) is 6.54. The van der Waals surface area contributed by atoms with E-state index in [2.05, 4.69) is 29.4 Å². The molecule has 1 aliphatic rings. The van der Waals surface area contributed by atoms with Gasteiger partial charge in [-0.15, -0.1) is 0 Å². The molecule has 132 valence electrons. The molecule has 1 aromatic rings. The Morgan fingerprint density at radius 1 is 1.29 bits per heavy atom. The summed E-state index contributed by atoms with van der Waals surface area (Å²) in [6.45, 7) is 7.05. The molecule has 1 aliphatic heterocycles. The summed E-state index contributed by atoms with van der Waals surface area (Å²) in [4.78, 5) is 25.0. The Morgan fingerprint density at radius 2 is 1.96 bits per heavy atom. The van der Waals surface area contributed by atoms with Crippen LogP contribution in [0.2, 0.25) is 0 Å². The summed E-state index contributed by atoms with van der Waals surface area (Å²) in [5.74, 6) is 0.552. The minimum atomic E-state index is -0.499. The first-order valence-corrected chi connectivity index (χ1v) is 8.49. The molecule has 7 heteroatoms. The number of anilines is 1. The number of para-hydroxylation sites is 2. The molecule has 2 N–H and O–H groups in total. The van der Waals surface area contributed by atoms with Crippen LogP contribution in [0.25, 0.3) is 0 Å². The summed E-state index contributed by atoms with van der Waals surface area (Å²) in [6, 6.07) is 6.05. The molecular weight excluding hydrogens is 308 g/mol. The van der Waals surface area contributed by atoms with E-state index in [0.29, 0.717) is 18.5 Å². The van der Waals surface area contributed by atoms with Gasteiger partial charge < -0.3 is 10.6 Å². The van der Waals surface area contributed by atoms with Gasteiger partial charge in [-0.1, -0.05) is 26.0 Å². The van der Waals surface area contributed by atoms with Crippen LogP contribution in [0.15, 0.2) is 24.3 Å². The highest BCUT2D eigenvalue weighted by molar-refractivity contribution is 5.91. The molecule has 7 nitrogen and oxygen atoms in total. The number of carbonyl (C=O) groups excluding carboxylic acids is 1. The quantitative estimate of drug-likeness (QED) is 0.592. The van der Waals surface area contributed by atoms with Crippen molar-refractivity contribution in [1.29, 1.82) is 0 Å². The summed E-state index contributed by atoms with van der Waals surface area (Å²) in [5.41, 5.74) is 0.104. The lowest BCUT2D eigenvalue weighted by Gasteiger charge is -2.29. The molecule has 24 heavy (non-hydrogen) atoms. The number of nitrogens with one attached hydrogen (secondary N) is 2. The van der Waals surface area contributed by atoms with Crippen molar-refractivity contribution in [1.82, 2.24) is 10.2 Å². The maximum Gasteiger partial charge on any atom is 0.319 e. The van der Waals surface area contributed by atoms with E-state index in [1.54, 1.807) is 12.1 Å². The molecule has 0 spiro atoms. The minimum absolute atomic E-state index is 0.106. The van der Waals surface area contributed by atoms with Crippen molar-refractivity contribution in [2.45, 2.75) is 39.2 Å². The van der Waals surface area contributed by atoms with Crippen molar-refractivity contribution in [3.8, 4) is 0 Å². The zero-order chi connectivity index (χ0) is 17.5. The first kappa shape index (κ1) is 18.2. The molecule has 1 atom stereocenters. The molecule has 0 radical (unpaired) electrons. The van der Waals surface area contributed by atoms with E-state index < -0.39 is 11.0 Å². The topological polar surface area (TPSA) is 87.5 Å². The number of nitro benzene ring substituents is 1. The van der Waals surface area contributed by atoms with Gasteiger partial charge in [0.15, 0.2) is 0 Å². The average molecular weight is 334 g/mol. The van der Waals surface area contributed by atoms with Gasteiger partial charge >= 0.3 is 6.03 Å². The Labute approximate surface area is 142 Å². The smallest absolute Gasteiger partial charge is 0.319 e. The molecule has 0 saturated carbocycles. The predicted molar refractivity (Wildman–Crippen MR) is 94.2 cm³/mol. The second-order valence-electron chi connectivity index (χ2n) is 6.64. The van der Waals surface area contributed by atoms with Crippen molar-refractivity contribution in [3.05, 3.63) is 34.4 Å². The fraction of sp³-hybridized carbons (Fsp3) is 0.588. The fourth-order valence-electron chi connectivity index (χ4n) is 3.13. The van der Waals surface area contributed by atoms with Crippen molar-refractivity contribution in [2.24, 2.45) is 5.92 Å². The molecule has 1 fully saturated rings. The van der Waals surface area contributed by atoms with Gasteiger partial charge in [0.05, 0.1) is 4.92 Å². The van der Waals surface area contributed by atoms with Crippen LogP contribution in [0.5, 0.6) is 0 Å². The van der Waals surface area contributed by atoms with Crippen LogP contribution in [-0.4, -0.2) is 41.5 Å². The highest BCUT2D eigenvalue weighted by atomic mass is 16.6. The lowest BCUT2D eigenvalue weighted by Crippen LogP contribution is -2.44. The van der Waals surface area contributed by atoms with Crippen molar-refractivity contribution >= 4 is 17.4 Å². The molecular formula is C17H26N4O3. The number of likely N-dealkylation sites (tertiary alicyclic amines) is 1. The van der Waals surface area contributed by atoms with Gasteiger partial charge in [0.1, 0.15) is 5.69 Å². The number of nitrogens with zero attached hydrogens (tertiary/aromatic N) is 2. The lowest BCUT2D eigenvalue weighted by atomic mass is 10.0. The largest absolute Gasteiger partial charge is 0.336 e. The average Bonchev–Trinajstić information content (AvgIpc) is 3.05. The van der Waals surface area contributed by atoms with Crippen molar-refractivity contribution in [3.63, 3.8) is 0 Å². The van der Waals surface area contributed by atoms with E-state index in [0.717, 1.165) is 19.5 Å². The van der Waals surface area contributed by atoms with Crippen LogP contribution < -0.4 is 10.6 Å². The van der Waals surface area contributed by atoms with Gasteiger partial charge in [0.2, 0.25) is 0 Å². The number of carbonyl (C=O) groups is 1. The van der Waals surface area contributed by atoms with Crippen molar-refractivity contribution in [2.75, 3.05) is 25.0 Å². The second kappa shape index (κ2) is 8.63. The van der Waals surface area contributed by atoms with E-state index in [-0.39, 0.29) is 11.4 Å². The highest BCUT2D eigenvalue weighted by Gasteiger charge is 2.23. The molecule has 1 heterocycles. The monoisotopic (exact) mass is 334 g/mol. The Bertz CT molecular complexity index is 571. The normalized spacial score (nSPS) is 16.1. The third-order valence-electron chi connectivity index (χ3n) is 4.25. The number of hydrogen-bond donors (Lipinski definition) is 2. The van der Waals surface area contributed by atoms with Gasteiger partial charge in [0.25, 0.3) is 5.69 Å². The standard InChI is InChI=1S/C17H26N4O3/c1-13(2)11-14(20-9-5-6-10-20)12-18-17(22)19-15-7-3-4-8-16(15)21(23)24/h3-4,7-8,13-14H,5-6,9-12H2,1-2H3,(H2,18,19,22). The molecule has 0 aliphatic carbocycles. The fourth-order valence-corrected chi connectivity index (χ4v) is 3.13. The number of hydrogen-bond acceptors (Lipinski definition) is 4. The zero-order valence-electron chi connectivity index (χ0n) is 14.3. The zero-order valence-corrected chi connectivity index (χ0v) is 14.3. The third-order valence-corrected chi connectivity index (χ3v) is 4.25. The van der Waals surface area contributed by atoms with Gasteiger partial charge in [0, 0.05) is 18.7 Å². The second-order valence-corrected chi connectivity index (χ2v) is 6.64. The number of benzene rings is 1. The predicted octanol–water partition coefficient (Wildman–Crippen LogP) is 3.23. The van der Waals surface area contributed by atoms with Crippen LogP contribution >= 0.6 is 0 Å². The summed E-state index contributed by atoms with van der Waals surface area (Å²) < 4.78 is 0. The SMILES string of the molecule is CC(C)CC(CNC(=O)Nc1ccccc1[N+](=O)[O-])N1CCCC1. The van der Waals surface area contributed by atoms with Crippen LogP contribution in [0.4, 0.5) is 16.2 Å². The van der Waals surface area contributed by atoms with E-state index in [9.17, 15) is 14.9 Å². The molecule has 0 aromatic heterocycles. The van der Waals surface area contributed by atoms with Gasteiger partial charge in [-0.25, -0.2) is 4.79 Å². The van der Waals surface area contributed by atoms with Gasteiger partial charge in [-0.2, -0.15) is 0 Å². The Morgan fingerprint density at radius 3 is 2.58 bits per heavy atom. The van der Waals surface area contributed by atoms with Crippen LogP contribution in [-0.2, 0) is 0 Å². The van der Waals surface area contributed by atoms with Gasteiger partial charge in [-0.3, -0.25) is 15.0 Å². The van der Waals surface area contributed by atoms with E-state index in [1.165, 1.54) is 25.0 Å². The first-order chi connectivity index (χ1) is 11.5. The third kappa shape index (κ3) is 5.19. The molecule has 1 saturated heterocycles. The summed E-state index contributed by atoms with van der Waals surface area (Å²) in [5, 5.41) is 16.4. The van der Waals surface area contributed by atoms with Gasteiger partial charge in [-0.05, 0) is 44.3 Å². The molecule has 1 unspecified atom stereocenters. The minimum Gasteiger partial charge on any atom is -0.336 e. The van der Waals surface area contributed by atoms with E-state index >= 15 is 0 Å². The molecule has 1 aromatic carbocycles. The molecule has 0 bridgehead atoms. The van der Waals surface area contributed by atoms with E-state index in [1.807, 2.05) is 0 Å². The lowest BCUT2D eigenvalue weighted by molar-refractivity contribution is -0.383. The van der Waals surface area contributed by atoms with Crippen molar-refractivity contribution < 1.29 is 9.72 Å². The summed E-state index contributed by atoms with van der Waals surface area (Å²) in [6.07, 6.45) is 3.43.